The average Bonchev–Trinajstić information content (AvgIpc) is 2.84. The molecule has 1 aliphatic rings. The smallest absolute Gasteiger partial charge is 0.281 e. The van der Waals surface area contributed by atoms with Crippen molar-refractivity contribution >= 4 is 38.9 Å². The zero-order valence-electron chi connectivity index (χ0n) is 11.8. The molecule has 0 saturated carbocycles. The third-order valence-corrected chi connectivity index (χ3v) is 5.43. The number of hydrogen-bond acceptors (Lipinski definition) is 3. The van der Waals surface area contributed by atoms with E-state index in [0.717, 1.165) is 41.0 Å². The Bertz CT molecular complexity index is 707. The fourth-order valence-electron chi connectivity index (χ4n) is 2.43. The summed E-state index contributed by atoms with van der Waals surface area (Å²) in [4.78, 5) is 12.8. The van der Waals surface area contributed by atoms with Crippen molar-refractivity contribution in [1.82, 2.24) is 10.9 Å². The number of nitrogens with one attached hydrogen (secondary N) is 2. The van der Waals surface area contributed by atoms with Crippen LogP contribution in [0.1, 0.15) is 35.9 Å². The van der Waals surface area contributed by atoms with E-state index in [-0.39, 0.29) is 5.91 Å². The van der Waals surface area contributed by atoms with Gasteiger partial charge in [-0.2, -0.15) is 0 Å². The molecule has 0 radical (unpaired) electrons. The fourth-order valence-corrected chi connectivity index (χ4v) is 3.84. The number of halogens is 1. The van der Waals surface area contributed by atoms with Crippen LogP contribution in [-0.2, 0) is 0 Å². The summed E-state index contributed by atoms with van der Waals surface area (Å²) in [5.41, 5.74) is 6.86. The molecule has 5 heteroatoms. The van der Waals surface area contributed by atoms with E-state index in [1.54, 1.807) is 0 Å². The second-order valence-corrected chi connectivity index (χ2v) is 6.86. The molecule has 110 valence electrons. The minimum Gasteiger partial charge on any atom is -0.303 e. The molecule has 3 nitrogen and oxygen atoms in total. The van der Waals surface area contributed by atoms with Gasteiger partial charge in [0.05, 0.1) is 5.02 Å². The maximum Gasteiger partial charge on any atom is 0.281 e. The molecule has 0 bridgehead atoms. The highest BCUT2D eigenvalue weighted by Gasteiger charge is 2.17. The molecule has 1 aromatic heterocycles. The molecule has 1 unspecified atom stereocenters. The Morgan fingerprint density at radius 3 is 2.90 bits per heavy atom. The number of benzene rings is 1. The summed E-state index contributed by atoms with van der Waals surface area (Å²) in [5.74, 6) is 0.545. The molecular weight excluding hydrogens is 304 g/mol. The zero-order chi connectivity index (χ0) is 14.8. The minimum atomic E-state index is -0.180. The number of hydrazine groups is 1. The minimum absolute atomic E-state index is 0.180. The van der Waals surface area contributed by atoms with E-state index >= 15 is 0 Å². The summed E-state index contributed by atoms with van der Waals surface area (Å²) in [6.07, 6.45) is 5.34. The first-order valence-electron chi connectivity index (χ1n) is 7.07. The maximum atomic E-state index is 12.3. The SMILES string of the molecule is CC1CC=C(NNC(=O)c2sc3ccccc3c2Cl)CC1. The third kappa shape index (κ3) is 3.06. The van der Waals surface area contributed by atoms with Crippen LogP contribution in [0, 0.1) is 5.92 Å². The highest BCUT2D eigenvalue weighted by Crippen LogP contribution is 2.34. The molecule has 1 aliphatic carbocycles. The number of allylic oxidation sites excluding steroid dienone is 2. The molecule has 3 rings (SSSR count). The van der Waals surface area contributed by atoms with Crippen LogP contribution in [0.25, 0.3) is 10.1 Å². The summed E-state index contributed by atoms with van der Waals surface area (Å²) in [6.45, 7) is 2.24. The second-order valence-electron chi connectivity index (χ2n) is 5.43. The summed E-state index contributed by atoms with van der Waals surface area (Å²) in [7, 11) is 0. The fraction of sp³-hybridized carbons (Fsp3) is 0.312. The van der Waals surface area contributed by atoms with Gasteiger partial charge in [-0.05, 0) is 31.2 Å². The highest BCUT2D eigenvalue weighted by molar-refractivity contribution is 7.21. The van der Waals surface area contributed by atoms with E-state index in [1.807, 2.05) is 24.3 Å². The molecule has 0 fully saturated rings. The van der Waals surface area contributed by atoms with Gasteiger partial charge in [0, 0.05) is 15.8 Å². The van der Waals surface area contributed by atoms with Crippen molar-refractivity contribution < 1.29 is 4.79 Å². The van der Waals surface area contributed by atoms with Crippen LogP contribution in [0.15, 0.2) is 36.0 Å². The number of hydrogen-bond donors (Lipinski definition) is 2. The number of carbonyl (C=O) groups is 1. The molecule has 1 atom stereocenters. The maximum absolute atomic E-state index is 12.3. The van der Waals surface area contributed by atoms with Gasteiger partial charge in [-0.3, -0.25) is 10.2 Å². The van der Waals surface area contributed by atoms with Crippen molar-refractivity contribution in [3.05, 3.63) is 45.9 Å². The molecule has 0 saturated heterocycles. The number of thiophene rings is 1. The Kier molecular flexibility index (Phi) is 4.17. The number of rotatable bonds is 3. The number of fused-ring (bicyclic) bond motifs is 1. The van der Waals surface area contributed by atoms with Crippen molar-refractivity contribution in [2.45, 2.75) is 26.2 Å². The molecule has 0 spiro atoms. The van der Waals surface area contributed by atoms with Crippen LogP contribution in [0.2, 0.25) is 5.02 Å². The van der Waals surface area contributed by atoms with Crippen molar-refractivity contribution in [1.29, 1.82) is 0 Å². The van der Waals surface area contributed by atoms with Crippen molar-refractivity contribution in [2.75, 3.05) is 0 Å². The van der Waals surface area contributed by atoms with E-state index < -0.39 is 0 Å². The molecular formula is C16H17ClN2OS. The Hall–Kier alpha value is -1.52. The molecule has 1 amide bonds. The zero-order valence-corrected chi connectivity index (χ0v) is 13.4. The van der Waals surface area contributed by atoms with E-state index in [2.05, 4.69) is 23.9 Å². The Labute approximate surface area is 133 Å². The van der Waals surface area contributed by atoms with Gasteiger partial charge < -0.3 is 5.43 Å². The van der Waals surface area contributed by atoms with E-state index in [9.17, 15) is 4.79 Å². The molecule has 2 aromatic rings. The Morgan fingerprint density at radius 1 is 1.38 bits per heavy atom. The van der Waals surface area contributed by atoms with Crippen LogP contribution in [-0.4, -0.2) is 5.91 Å². The Balaban J connectivity index is 1.71. The van der Waals surface area contributed by atoms with Crippen molar-refractivity contribution in [2.24, 2.45) is 5.92 Å². The van der Waals surface area contributed by atoms with E-state index in [0.29, 0.717) is 9.90 Å². The van der Waals surface area contributed by atoms with Gasteiger partial charge >= 0.3 is 0 Å². The topological polar surface area (TPSA) is 41.1 Å². The monoisotopic (exact) mass is 320 g/mol. The lowest BCUT2D eigenvalue weighted by molar-refractivity contribution is 0.0942. The van der Waals surface area contributed by atoms with Crippen LogP contribution >= 0.6 is 22.9 Å². The number of amides is 1. The van der Waals surface area contributed by atoms with Gasteiger partial charge in [0.1, 0.15) is 4.88 Å². The van der Waals surface area contributed by atoms with Gasteiger partial charge in [0.15, 0.2) is 0 Å². The standard InChI is InChI=1S/C16H17ClN2OS/c1-10-6-8-11(9-7-10)18-19-16(20)15-14(17)12-4-2-3-5-13(12)21-15/h2-5,8,10,18H,6-7,9H2,1H3,(H,19,20). The molecule has 21 heavy (non-hydrogen) atoms. The van der Waals surface area contributed by atoms with Gasteiger partial charge in [0.25, 0.3) is 5.91 Å². The predicted octanol–water partition coefficient (Wildman–Crippen LogP) is 4.49. The summed E-state index contributed by atoms with van der Waals surface area (Å²) in [5, 5.41) is 1.46. The van der Waals surface area contributed by atoms with E-state index in [4.69, 9.17) is 11.6 Å². The largest absolute Gasteiger partial charge is 0.303 e. The van der Waals surface area contributed by atoms with Gasteiger partial charge in [-0.1, -0.05) is 42.8 Å². The lowest BCUT2D eigenvalue weighted by Crippen LogP contribution is -2.37. The molecule has 1 heterocycles. The van der Waals surface area contributed by atoms with Crippen LogP contribution in [0.5, 0.6) is 0 Å². The normalized spacial score (nSPS) is 18.4. The second kappa shape index (κ2) is 6.08. The van der Waals surface area contributed by atoms with Crippen LogP contribution < -0.4 is 10.9 Å². The van der Waals surface area contributed by atoms with Crippen LogP contribution in [0.4, 0.5) is 0 Å². The lowest BCUT2D eigenvalue weighted by Gasteiger charge is -2.19. The predicted molar refractivity (Wildman–Crippen MR) is 88.5 cm³/mol. The summed E-state index contributed by atoms with van der Waals surface area (Å²) < 4.78 is 1.03. The first-order chi connectivity index (χ1) is 10.1. The molecule has 0 aliphatic heterocycles. The third-order valence-electron chi connectivity index (χ3n) is 3.75. The highest BCUT2D eigenvalue weighted by atomic mass is 35.5. The molecule has 2 N–H and O–H groups in total. The van der Waals surface area contributed by atoms with Crippen LogP contribution in [0.3, 0.4) is 0 Å². The van der Waals surface area contributed by atoms with Gasteiger partial charge in [-0.25, -0.2) is 0 Å². The lowest BCUT2D eigenvalue weighted by atomic mass is 9.95. The van der Waals surface area contributed by atoms with Crippen molar-refractivity contribution in [3.63, 3.8) is 0 Å². The van der Waals surface area contributed by atoms with Gasteiger partial charge in [-0.15, -0.1) is 11.3 Å². The first kappa shape index (κ1) is 14.4. The first-order valence-corrected chi connectivity index (χ1v) is 8.27. The summed E-state index contributed by atoms with van der Waals surface area (Å²) >= 11 is 7.72. The van der Waals surface area contributed by atoms with E-state index in [1.165, 1.54) is 11.3 Å². The summed E-state index contributed by atoms with van der Waals surface area (Å²) in [6, 6.07) is 7.78. The Morgan fingerprint density at radius 2 is 2.19 bits per heavy atom. The number of carbonyl (C=O) groups excluding carboxylic acids is 1. The van der Waals surface area contributed by atoms with Gasteiger partial charge in [0.2, 0.25) is 0 Å². The average molecular weight is 321 g/mol. The van der Waals surface area contributed by atoms with Crippen molar-refractivity contribution in [3.8, 4) is 0 Å². The quantitative estimate of drug-likeness (QED) is 0.818. The molecule has 1 aromatic carbocycles.